The lowest BCUT2D eigenvalue weighted by Gasteiger charge is -2.41. The molecule has 5 aromatic carbocycles. The van der Waals surface area contributed by atoms with Gasteiger partial charge in [0.05, 0.1) is 23.7 Å². The minimum atomic E-state index is -3.98. The van der Waals surface area contributed by atoms with Crippen molar-refractivity contribution < 1.29 is 27.8 Å². The summed E-state index contributed by atoms with van der Waals surface area (Å²) in [7, 11) is -3.98. The van der Waals surface area contributed by atoms with Crippen LogP contribution in [-0.4, -0.2) is 47.5 Å². The standard InChI is InChI=1S/C45H46N4O6S3/c1-29-13-23-38(24-14-29)58(52,53)49-40(25-32-9-5-4-6-10-32)43(51)46-26-37-11-7-8-12-39(37)34-19-21-36(22-20-34)44-54-41(28-56-45-48-47-31(3)57-45)30(2)42(55-44)35-17-15-33(27-50)16-18-35/h4-24,30,40-42,44,49-50H,25-28H2,1-3H3,(H,46,51)/t30-,40+,41+,42+,44+/m0/s1. The van der Waals surface area contributed by atoms with Crippen LogP contribution in [0.3, 0.4) is 0 Å². The van der Waals surface area contributed by atoms with Crippen LogP contribution in [0.2, 0.25) is 0 Å². The summed E-state index contributed by atoms with van der Waals surface area (Å²) in [4.78, 5) is 13.9. The van der Waals surface area contributed by atoms with Crippen LogP contribution in [0.1, 0.15) is 57.7 Å². The topological polar surface area (TPSA) is 140 Å². The van der Waals surface area contributed by atoms with Gasteiger partial charge in [-0.3, -0.25) is 4.79 Å². The van der Waals surface area contributed by atoms with Crippen molar-refractivity contribution in [1.82, 2.24) is 20.2 Å². The van der Waals surface area contributed by atoms with Crippen LogP contribution in [0, 0.1) is 19.8 Å². The molecule has 1 aliphatic heterocycles. The smallest absolute Gasteiger partial charge is 0.241 e. The molecular formula is C45H46N4O6S3. The third kappa shape index (κ3) is 10.3. The summed E-state index contributed by atoms with van der Waals surface area (Å²) in [6, 6.07) is 38.6. The Morgan fingerprint density at radius 3 is 2.21 bits per heavy atom. The average molecular weight is 835 g/mol. The number of sulfonamides is 1. The molecule has 10 nitrogen and oxygen atoms in total. The fraction of sp³-hybridized carbons (Fsp3) is 0.267. The fourth-order valence-electron chi connectivity index (χ4n) is 6.89. The van der Waals surface area contributed by atoms with Gasteiger partial charge in [-0.1, -0.05) is 151 Å². The molecule has 2 heterocycles. The van der Waals surface area contributed by atoms with E-state index in [9.17, 15) is 18.3 Å². The van der Waals surface area contributed by atoms with Gasteiger partial charge >= 0.3 is 0 Å². The second-order valence-electron chi connectivity index (χ2n) is 14.4. The van der Waals surface area contributed by atoms with Crippen LogP contribution < -0.4 is 10.0 Å². The number of carbonyl (C=O) groups excluding carboxylic acids is 1. The molecule has 0 aliphatic carbocycles. The fourth-order valence-corrected chi connectivity index (χ4v) is 10.1. The number of thioether (sulfide) groups is 1. The zero-order valence-corrected chi connectivity index (χ0v) is 34.9. The molecule has 0 spiro atoms. The molecule has 7 rings (SSSR count). The lowest BCUT2D eigenvalue weighted by molar-refractivity contribution is -0.268. The molecule has 3 N–H and O–H groups in total. The lowest BCUT2D eigenvalue weighted by atomic mass is 9.91. The molecule has 1 fully saturated rings. The Labute approximate surface area is 348 Å². The quantitative estimate of drug-likeness (QED) is 0.0876. The summed E-state index contributed by atoms with van der Waals surface area (Å²) in [5.41, 5.74) is 7.22. The van der Waals surface area contributed by atoms with Crippen LogP contribution in [0.5, 0.6) is 0 Å². The summed E-state index contributed by atoms with van der Waals surface area (Å²) in [5, 5.41) is 22.0. The first kappa shape index (κ1) is 41.4. The van der Waals surface area contributed by atoms with E-state index < -0.39 is 28.3 Å². The minimum absolute atomic E-state index is 0.0275. The van der Waals surface area contributed by atoms with Crippen LogP contribution in [0.4, 0.5) is 0 Å². The third-order valence-electron chi connectivity index (χ3n) is 10.2. The second-order valence-corrected chi connectivity index (χ2v) is 18.6. The van der Waals surface area contributed by atoms with Gasteiger partial charge < -0.3 is 19.9 Å². The Kier molecular flexibility index (Phi) is 13.5. The Morgan fingerprint density at radius 2 is 1.52 bits per heavy atom. The number of carbonyl (C=O) groups is 1. The summed E-state index contributed by atoms with van der Waals surface area (Å²) in [5.74, 6) is 0.279. The van der Waals surface area contributed by atoms with E-state index >= 15 is 0 Å². The van der Waals surface area contributed by atoms with Crippen molar-refractivity contribution in [2.45, 2.75) is 74.1 Å². The normalized spacial score (nSPS) is 18.8. The second kappa shape index (κ2) is 18.9. The van der Waals surface area contributed by atoms with Crippen molar-refractivity contribution in [3.05, 3.63) is 166 Å². The molecule has 58 heavy (non-hydrogen) atoms. The molecule has 6 aromatic rings. The number of rotatable bonds is 15. The van der Waals surface area contributed by atoms with Gasteiger partial charge in [-0.05, 0) is 65.8 Å². The highest BCUT2D eigenvalue weighted by atomic mass is 32.2. The first-order chi connectivity index (χ1) is 28.1. The Balaban J connectivity index is 1.08. The highest BCUT2D eigenvalue weighted by Gasteiger charge is 2.38. The number of amides is 1. The maximum Gasteiger partial charge on any atom is 0.241 e. The van der Waals surface area contributed by atoms with Crippen LogP contribution in [0.15, 0.2) is 137 Å². The maximum atomic E-state index is 13.8. The van der Waals surface area contributed by atoms with E-state index in [1.165, 1.54) is 0 Å². The monoisotopic (exact) mass is 834 g/mol. The number of aliphatic hydroxyl groups is 1. The van der Waals surface area contributed by atoms with Crippen molar-refractivity contribution in [1.29, 1.82) is 0 Å². The summed E-state index contributed by atoms with van der Waals surface area (Å²) >= 11 is 3.20. The summed E-state index contributed by atoms with van der Waals surface area (Å²) < 4.78 is 43.7. The molecule has 13 heteroatoms. The molecular weight excluding hydrogens is 789 g/mol. The highest BCUT2D eigenvalue weighted by Crippen LogP contribution is 2.43. The number of aryl methyl sites for hydroxylation is 2. The van der Waals surface area contributed by atoms with Gasteiger partial charge in [0.25, 0.3) is 0 Å². The molecule has 1 aliphatic rings. The zero-order valence-electron chi connectivity index (χ0n) is 32.4. The van der Waals surface area contributed by atoms with Crippen molar-refractivity contribution in [2.24, 2.45) is 5.92 Å². The highest BCUT2D eigenvalue weighted by molar-refractivity contribution is 8.01. The molecule has 0 saturated carbocycles. The molecule has 300 valence electrons. The van der Waals surface area contributed by atoms with E-state index in [4.69, 9.17) is 9.47 Å². The van der Waals surface area contributed by atoms with Crippen LogP contribution in [-0.2, 0) is 43.9 Å². The molecule has 1 amide bonds. The molecule has 5 atom stereocenters. The van der Waals surface area contributed by atoms with E-state index in [1.54, 1.807) is 47.4 Å². The van der Waals surface area contributed by atoms with Crippen molar-refractivity contribution >= 4 is 39.0 Å². The number of nitrogens with one attached hydrogen (secondary N) is 2. The zero-order chi connectivity index (χ0) is 40.6. The summed E-state index contributed by atoms with van der Waals surface area (Å²) in [6.45, 7) is 6.13. The van der Waals surface area contributed by atoms with E-state index in [0.717, 1.165) is 53.9 Å². The number of hydrogen-bond donors (Lipinski definition) is 3. The van der Waals surface area contributed by atoms with Crippen molar-refractivity contribution in [3.8, 4) is 11.1 Å². The SMILES string of the molecule is Cc1ccc(S(=O)(=O)N[C@H](Cc2ccccc2)C(=O)NCc2ccccc2-c2ccc([C@@H]3O[C@H](CSc4nnc(C)s4)[C@H](C)[C@H](c4ccc(CO)cc4)O3)cc2)cc1. The predicted molar refractivity (Wildman–Crippen MR) is 227 cm³/mol. The van der Waals surface area contributed by atoms with E-state index in [1.807, 2.05) is 117 Å². The first-order valence-electron chi connectivity index (χ1n) is 19.1. The maximum absolute atomic E-state index is 13.8. The van der Waals surface area contributed by atoms with Crippen molar-refractivity contribution in [3.63, 3.8) is 0 Å². The largest absolute Gasteiger partial charge is 0.392 e. The summed E-state index contributed by atoms with van der Waals surface area (Å²) in [6.07, 6.45) is -0.841. The number of aliphatic hydroxyl groups excluding tert-OH is 1. The van der Waals surface area contributed by atoms with E-state index in [-0.39, 0.29) is 42.6 Å². The number of aromatic nitrogens is 2. The molecule has 1 saturated heterocycles. The van der Waals surface area contributed by atoms with Crippen molar-refractivity contribution in [2.75, 3.05) is 5.75 Å². The Morgan fingerprint density at radius 1 is 0.828 bits per heavy atom. The van der Waals surface area contributed by atoms with Gasteiger partial charge in [-0.15, -0.1) is 10.2 Å². The molecule has 0 radical (unpaired) electrons. The number of benzene rings is 5. The van der Waals surface area contributed by atoms with Gasteiger partial charge in [0.2, 0.25) is 15.9 Å². The van der Waals surface area contributed by atoms with Gasteiger partial charge in [0.15, 0.2) is 10.6 Å². The molecule has 0 bridgehead atoms. The Bertz CT molecular complexity index is 2390. The van der Waals surface area contributed by atoms with Gasteiger partial charge in [-0.25, -0.2) is 8.42 Å². The van der Waals surface area contributed by atoms with Gasteiger partial charge in [-0.2, -0.15) is 4.72 Å². The lowest BCUT2D eigenvalue weighted by Crippen LogP contribution is -2.47. The van der Waals surface area contributed by atoms with Gasteiger partial charge in [0.1, 0.15) is 11.0 Å². The number of ether oxygens (including phenoxy) is 2. The van der Waals surface area contributed by atoms with E-state index in [0.29, 0.717) is 5.75 Å². The third-order valence-corrected chi connectivity index (χ3v) is 13.7. The number of nitrogens with zero attached hydrogens (tertiary/aromatic N) is 2. The average Bonchev–Trinajstić information content (AvgIpc) is 3.67. The van der Waals surface area contributed by atoms with Gasteiger partial charge in [0, 0.05) is 23.8 Å². The molecule has 1 aromatic heterocycles. The van der Waals surface area contributed by atoms with E-state index in [2.05, 4.69) is 27.2 Å². The van der Waals surface area contributed by atoms with Crippen LogP contribution in [0.25, 0.3) is 11.1 Å². The van der Waals surface area contributed by atoms with Crippen LogP contribution >= 0.6 is 23.1 Å². The number of hydrogen-bond acceptors (Lipinski definition) is 10. The predicted octanol–water partition coefficient (Wildman–Crippen LogP) is 8.10. The molecule has 0 unspecified atom stereocenters. The Hall–Kier alpha value is -4.73. The minimum Gasteiger partial charge on any atom is -0.392 e. The first-order valence-corrected chi connectivity index (χ1v) is 22.4.